The lowest BCUT2D eigenvalue weighted by molar-refractivity contribution is 0.0767. The number of fused-ring (bicyclic) bond motifs is 1. The van der Waals surface area contributed by atoms with Crippen molar-refractivity contribution in [1.29, 1.82) is 0 Å². The van der Waals surface area contributed by atoms with Crippen LogP contribution in [0.5, 0.6) is 0 Å². The van der Waals surface area contributed by atoms with Gasteiger partial charge in [0.25, 0.3) is 5.91 Å². The Morgan fingerprint density at radius 2 is 1.96 bits per heavy atom. The van der Waals surface area contributed by atoms with E-state index in [2.05, 4.69) is 30.6 Å². The van der Waals surface area contributed by atoms with Crippen LogP contribution in [0.4, 0.5) is 0 Å². The fourth-order valence-corrected chi connectivity index (χ4v) is 3.52. The molecule has 0 atom stereocenters. The highest BCUT2D eigenvalue weighted by Gasteiger charge is 2.21. The Bertz CT molecular complexity index is 1160. The molecule has 0 radical (unpaired) electrons. The molecule has 4 aromatic rings. The van der Waals surface area contributed by atoms with E-state index in [4.69, 9.17) is 0 Å². The van der Waals surface area contributed by atoms with Gasteiger partial charge in [-0.2, -0.15) is 5.10 Å². The number of nitrogens with zero attached hydrogens (tertiary/aromatic N) is 5. The Balaban J connectivity index is 1.44. The van der Waals surface area contributed by atoms with E-state index in [-0.39, 0.29) is 5.91 Å². The maximum Gasteiger partial charge on any atom is 0.272 e. The third-order valence-corrected chi connectivity index (χ3v) is 5.02. The zero-order valence-electron chi connectivity index (χ0n) is 15.1. The number of imidazole rings is 1. The molecule has 0 fully saturated rings. The van der Waals surface area contributed by atoms with Crippen molar-refractivity contribution in [3.05, 3.63) is 78.6 Å². The molecule has 0 saturated carbocycles. The quantitative estimate of drug-likeness (QED) is 0.601. The molecule has 4 heterocycles. The van der Waals surface area contributed by atoms with Gasteiger partial charge in [0.2, 0.25) is 0 Å². The van der Waals surface area contributed by atoms with Crippen LogP contribution >= 0.6 is 0 Å². The van der Waals surface area contributed by atoms with Gasteiger partial charge in [-0.1, -0.05) is 36.4 Å². The summed E-state index contributed by atoms with van der Waals surface area (Å²) >= 11 is 0. The summed E-state index contributed by atoms with van der Waals surface area (Å²) in [6.45, 7) is 1.23. The Hall–Kier alpha value is -3.74. The van der Waals surface area contributed by atoms with Crippen LogP contribution in [0.25, 0.3) is 22.5 Å². The van der Waals surface area contributed by atoms with Crippen LogP contribution in [0.1, 0.15) is 22.6 Å². The number of hydrogen-bond donors (Lipinski definition) is 1. The van der Waals surface area contributed by atoms with E-state index in [1.165, 1.54) is 5.57 Å². The molecule has 0 aliphatic carbocycles. The average Bonchev–Trinajstić information content (AvgIpc) is 3.44. The molecule has 5 rings (SSSR count). The second-order valence-electron chi connectivity index (χ2n) is 6.71. The fraction of sp³-hybridized carbons (Fsp3) is 0.143. The van der Waals surface area contributed by atoms with Crippen molar-refractivity contribution in [2.24, 2.45) is 0 Å². The third kappa shape index (κ3) is 2.87. The van der Waals surface area contributed by atoms with E-state index in [0.717, 1.165) is 29.0 Å². The summed E-state index contributed by atoms with van der Waals surface area (Å²) < 4.78 is 2.08. The summed E-state index contributed by atoms with van der Waals surface area (Å²) in [5.74, 6) is -0.0264. The van der Waals surface area contributed by atoms with Gasteiger partial charge in [0.1, 0.15) is 5.69 Å². The zero-order valence-corrected chi connectivity index (χ0v) is 15.1. The Labute approximate surface area is 161 Å². The van der Waals surface area contributed by atoms with Crippen LogP contribution in [0.2, 0.25) is 0 Å². The van der Waals surface area contributed by atoms with Gasteiger partial charge in [-0.15, -0.1) is 0 Å². The van der Waals surface area contributed by atoms with E-state index in [0.29, 0.717) is 18.8 Å². The number of carbonyl (C=O) groups excluding carboxylic acids is 1. The van der Waals surface area contributed by atoms with Gasteiger partial charge < -0.3 is 4.90 Å². The minimum Gasteiger partial charge on any atom is -0.333 e. The van der Waals surface area contributed by atoms with Gasteiger partial charge in [0, 0.05) is 31.0 Å². The molecule has 0 spiro atoms. The second-order valence-corrected chi connectivity index (χ2v) is 6.71. The number of amides is 1. The van der Waals surface area contributed by atoms with Crippen molar-refractivity contribution in [2.75, 3.05) is 13.1 Å². The molecule has 1 aliphatic rings. The predicted molar refractivity (Wildman–Crippen MR) is 106 cm³/mol. The molecule has 1 amide bonds. The summed E-state index contributed by atoms with van der Waals surface area (Å²) in [4.78, 5) is 23.3. The van der Waals surface area contributed by atoms with Crippen molar-refractivity contribution in [1.82, 2.24) is 29.5 Å². The van der Waals surface area contributed by atoms with E-state index in [9.17, 15) is 4.79 Å². The minimum absolute atomic E-state index is 0.0264. The molecule has 1 N–H and O–H groups in total. The lowest BCUT2D eigenvalue weighted by Gasteiger charge is -2.26. The monoisotopic (exact) mass is 370 g/mol. The molecule has 7 heteroatoms. The first-order valence-electron chi connectivity index (χ1n) is 9.16. The normalized spacial score (nSPS) is 14.3. The molecule has 0 unspecified atom stereocenters. The number of benzene rings is 1. The Morgan fingerprint density at radius 1 is 1.07 bits per heavy atom. The van der Waals surface area contributed by atoms with Crippen molar-refractivity contribution in [3.8, 4) is 11.3 Å². The van der Waals surface area contributed by atoms with Gasteiger partial charge in [-0.25, -0.2) is 4.98 Å². The summed E-state index contributed by atoms with van der Waals surface area (Å²) in [5.41, 5.74) is 5.53. The zero-order chi connectivity index (χ0) is 18.9. The van der Waals surface area contributed by atoms with E-state index >= 15 is 0 Å². The van der Waals surface area contributed by atoms with E-state index in [1.54, 1.807) is 18.5 Å². The molecule has 1 aliphatic heterocycles. The topological polar surface area (TPSA) is 79.2 Å². The first kappa shape index (κ1) is 16.4. The van der Waals surface area contributed by atoms with Crippen LogP contribution < -0.4 is 0 Å². The highest BCUT2D eigenvalue weighted by atomic mass is 16.2. The maximum atomic E-state index is 12.5. The van der Waals surface area contributed by atoms with Gasteiger partial charge >= 0.3 is 0 Å². The molecular weight excluding hydrogens is 352 g/mol. The number of aromatic amines is 1. The molecule has 28 heavy (non-hydrogen) atoms. The lowest BCUT2D eigenvalue weighted by Crippen LogP contribution is -2.35. The molecule has 0 bridgehead atoms. The third-order valence-electron chi connectivity index (χ3n) is 5.02. The second kappa shape index (κ2) is 6.77. The highest BCUT2D eigenvalue weighted by Crippen LogP contribution is 2.25. The van der Waals surface area contributed by atoms with Crippen molar-refractivity contribution in [2.45, 2.75) is 6.42 Å². The van der Waals surface area contributed by atoms with Gasteiger partial charge in [-0.05, 0) is 18.1 Å². The number of rotatable bonds is 3. The van der Waals surface area contributed by atoms with Crippen LogP contribution in [0.3, 0.4) is 0 Å². The van der Waals surface area contributed by atoms with Gasteiger partial charge in [-0.3, -0.25) is 19.3 Å². The molecule has 3 aromatic heterocycles. The first-order chi connectivity index (χ1) is 13.8. The smallest absolute Gasteiger partial charge is 0.272 e. The Morgan fingerprint density at radius 3 is 2.71 bits per heavy atom. The van der Waals surface area contributed by atoms with Gasteiger partial charge in [0.15, 0.2) is 5.65 Å². The standard InChI is InChI=1S/C21H18N6O/c28-21(17-6-9-24-25-17)26-10-7-16(8-11-26)19-12-23-20-13-22-18(14-27(19)20)15-4-2-1-3-5-15/h1-7,9,12-14H,8,10-11H2,(H,24,25). The van der Waals surface area contributed by atoms with Crippen molar-refractivity contribution < 1.29 is 4.79 Å². The molecule has 138 valence electrons. The fourth-order valence-electron chi connectivity index (χ4n) is 3.52. The SMILES string of the molecule is O=C(c1ccn[nH]1)N1CC=C(c2cnc3cnc(-c4ccccc4)cn23)CC1. The number of hydrogen-bond acceptors (Lipinski definition) is 4. The highest BCUT2D eigenvalue weighted by molar-refractivity contribution is 5.92. The van der Waals surface area contributed by atoms with Crippen molar-refractivity contribution in [3.63, 3.8) is 0 Å². The number of H-pyrrole nitrogens is 1. The summed E-state index contributed by atoms with van der Waals surface area (Å²) in [7, 11) is 0. The lowest BCUT2D eigenvalue weighted by atomic mass is 10.0. The number of nitrogens with one attached hydrogen (secondary N) is 1. The summed E-state index contributed by atoms with van der Waals surface area (Å²) in [6.07, 6.45) is 10.2. The summed E-state index contributed by atoms with van der Waals surface area (Å²) in [5, 5.41) is 6.59. The van der Waals surface area contributed by atoms with Crippen molar-refractivity contribution >= 4 is 17.1 Å². The first-order valence-corrected chi connectivity index (χ1v) is 9.16. The Kier molecular flexibility index (Phi) is 3.97. The van der Waals surface area contributed by atoms with E-state index < -0.39 is 0 Å². The average molecular weight is 370 g/mol. The van der Waals surface area contributed by atoms with Gasteiger partial charge in [0.05, 0.1) is 23.8 Å². The number of carbonyl (C=O) groups is 1. The number of aromatic nitrogens is 5. The largest absolute Gasteiger partial charge is 0.333 e. The summed E-state index contributed by atoms with van der Waals surface area (Å²) in [6, 6.07) is 11.8. The van der Waals surface area contributed by atoms with Crippen LogP contribution in [-0.4, -0.2) is 48.5 Å². The predicted octanol–water partition coefficient (Wildman–Crippen LogP) is 3.05. The van der Waals surface area contributed by atoms with E-state index in [1.807, 2.05) is 47.6 Å². The maximum absolute atomic E-state index is 12.5. The molecule has 0 saturated heterocycles. The van der Waals surface area contributed by atoms with Crippen LogP contribution in [-0.2, 0) is 0 Å². The minimum atomic E-state index is -0.0264. The van der Waals surface area contributed by atoms with Crippen LogP contribution in [0, 0.1) is 0 Å². The molecule has 7 nitrogen and oxygen atoms in total. The molecular formula is C21H18N6O. The van der Waals surface area contributed by atoms with Crippen LogP contribution in [0.15, 0.2) is 67.3 Å². The molecule has 1 aromatic carbocycles.